The number of phenols is 1. The zero-order valence-electron chi connectivity index (χ0n) is 31.7. The largest absolute Gasteiger partial charge is 0.508 e. The standard InChI is InChI=1S/C36H51N9O12/c1-20(38-31(49)21(2)40-34(52)28(44-45(56)57)18-24-12-14-25(47)15-13-24)30(48)39-22(3)32(50)43-29(19-46)35(53)42-27(17-23-9-5-4-6-10-23)33(51)41-26(36(54)55)11-7-8-16-37/h4-6,9-10,12-15,20-22,26-29,44,46-47H,7-8,11,16-19,37H2,1-3H3,(H,38,49)(H,39,48)(H,40,52)(H,41,51)(H,42,53)(H,43,50)(H,54,55)/t20-,21-,22-,26-,27-,28-,29-/m0/s1. The number of carboxylic acid groups (broad SMARTS) is 1. The summed E-state index contributed by atoms with van der Waals surface area (Å²) in [4.78, 5) is 101. The van der Waals surface area contributed by atoms with Gasteiger partial charge in [0.2, 0.25) is 35.4 Å². The molecule has 0 saturated carbocycles. The van der Waals surface area contributed by atoms with E-state index >= 15 is 0 Å². The molecule has 6 amide bonds. The summed E-state index contributed by atoms with van der Waals surface area (Å²) in [7, 11) is 0. The van der Waals surface area contributed by atoms with Crippen LogP contribution in [-0.2, 0) is 46.4 Å². The zero-order valence-corrected chi connectivity index (χ0v) is 31.7. The van der Waals surface area contributed by atoms with Crippen molar-refractivity contribution >= 4 is 41.4 Å². The Hall–Kier alpha value is -6.35. The second-order valence-electron chi connectivity index (χ2n) is 13.2. The van der Waals surface area contributed by atoms with Gasteiger partial charge in [-0.3, -0.25) is 28.8 Å². The minimum atomic E-state index is -1.60. The van der Waals surface area contributed by atoms with Crippen LogP contribution >= 0.6 is 0 Å². The van der Waals surface area contributed by atoms with E-state index in [9.17, 15) is 59.0 Å². The number of hydrazine groups is 1. The maximum absolute atomic E-state index is 13.3. The zero-order chi connectivity index (χ0) is 42.7. The van der Waals surface area contributed by atoms with Crippen LogP contribution in [0, 0.1) is 10.1 Å². The number of unbranched alkanes of at least 4 members (excludes halogenated alkanes) is 1. The van der Waals surface area contributed by atoms with Crippen LogP contribution in [0.25, 0.3) is 0 Å². The number of hydrogen-bond donors (Lipinski definition) is 11. The minimum Gasteiger partial charge on any atom is -0.508 e. The van der Waals surface area contributed by atoms with Crippen LogP contribution in [0.3, 0.4) is 0 Å². The number of carbonyl (C=O) groups excluding carboxylic acids is 6. The average molecular weight is 802 g/mol. The van der Waals surface area contributed by atoms with E-state index in [2.05, 4.69) is 31.9 Å². The Morgan fingerprint density at radius 2 is 1.07 bits per heavy atom. The number of nitrogens with zero attached hydrogens (tertiary/aromatic N) is 1. The number of aliphatic carboxylic acids is 1. The van der Waals surface area contributed by atoms with Crippen LogP contribution in [-0.4, -0.2) is 117 Å². The quantitative estimate of drug-likeness (QED) is 0.0297. The number of benzene rings is 2. The number of phenolic OH excluding ortho intramolecular Hbond substituents is 1. The van der Waals surface area contributed by atoms with Gasteiger partial charge in [-0.25, -0.2) is 14.9 Å². The van der Waals surface area contributed by atoms with E-state index in [1.54, 1.807) is 30.3 Å². The maximum Gasteiger partial charge on any atom is 0.326 e. The van der Waals surface area contributed by atoms with Crippen molar-refractivity contribution in [1.82, 2.24) is 37.3 Å². The lowest BCUT2D eigenvalue weighted by Crippen LogP contribution is -2.59. The van der Waals surface area contributed by atoms with Gasteiger partial charge in [0.05, 0.1) is 6.61 Å². The fraction of sp³-hybridized carbons (Fsp3) is 0.472. The average Bonchev–Trinajstić information content (AvgIpc) is 3.16. The van der Waals surface area contributed by atoms with E-state index in [0.29, 0.717) is 30.5 Å². The van der Waals surface area contributed by atoms with Crippen molar-refractivity contribution in [3.8, 4) is 5.75 Å². The number of aliphatic hydroxyl groups is 1. The number of hydrogen-bond acceptors (Lipinski definition) is 12. The van der Waals surface area contributed by atoms with Gasteiger partial charge in [0.15, 0.2) is 11.1 Å². The highest BCUT2D eigenvalue weighted by Gasteiger charge is 2.32. The van der Waals surface area contributed by atoms with E-state index in [4.69, 9.17) is 5.73 Å². The molecule has 21 nitrogen and oxygen atoms in total. The fourth-order valence-electron chi connectivity index (χ4n) is 5.22. The van der Waals surface area contributed by atoms with Crippen LogP contribution in [0.15, 0.2) is 54.6 Å². The summed E-state index contributed by atoms with van der Waals surface area (Å²) < 4.78 is 0. The summed E-state index contributed by atoms with van der Waals surface area (Å²) >= 11 is 0. The molecular formula is C36H51N9O12. The van der Waals surface area contributed by atoms with Gasteiger partial charge >= 0.3 is 5.97 Å². The first-order chi connectivity index (χ1) is 26.9. The Morgan fingerprint density at radius 1 is 0.632 bits per heavy atom. The Balaban J connectivity index is 2.00. The summed E-state index contributed by atoms with van der Waals surface area (Å²) in [6, 6.07) is 4.67. The lowest BCUT2D eigenvalue weighted by Gasteiger charge is -2.25. The smallest absolute Gasteiger partial charge is 0.326 e. The van der Waals surface area contributed by atoms with Gasteiger partial charge in [-0.15, -0.1) is 5.43 Å². The number of nitro groups is 1. The van der Waals surface area contributed by atoms with Crippen molar-refractivity contribution < 1.29 is 53.9 Å². The molecule has 312 valence electrons. The van der Waals surface area contributed by atoms with Crippen molar-refractivity contribution in [2.75, 3.05) is 13.2 Å². The number of aliphatic hydroxyl groups excluding tert-OH is 1. The predicted octanol–water partition coefficient (Wildman–Crippen LogP) is -2.50. The van der Waals surface area contributed by atoms with E-state index in [1.165, 1.54) is 45.0 Å². The number of carbonyl (C=O) groups is 7. The van der Waals surface area contributed by atoms with Gasteiger partial charge in [-0.1, -0.05) is 42.5 Å². The number of aromatic hydroxyl groups is 1. The molecule has 0 aliphatic carbocycles. The molecule has 2 rings (SSSR count). The molecule has 0 radical (unpaired) electrons. The molecule has 0 fully saturated rings. The third kappa shape index (κ3) is 16.5. The molecule has 12 N–H and O–H groups in total. The van der Waals surface area contributed by atoms with Crippen LogP contribution in [0.5, 0.6) is 5.75 Å². The molecule has 0 unspecified atom stereocenters. The lowest BCUT2D eigenvalue weighted by atomic mass is 10.0. The van der Waals surface area contributed by atoms with E-state index in [0.717, 1.165) is 0 Å². The van der Waals surface area contributed by atoms with Crippen LogP contribution in [0.4, 0.5) is 0 Å². The second-order valence-corrected chi connectivity index (χ2v) is 13.2. The Morgan fingerprint density at radius 3 is 1.58 bits per heavy atom. The molecule has 0 heterocycles. The molecule has 0 spiro atoms. The van der Waals surface area contributed by atoms with Gasteiger partial charge in [0.1, 0.15) is 42.0 Å². The summed E-state index contributed by atoms with van der Waals surface area (Å²) in [6.45, 7) is 3.23. The van der Waals surface area contributed by atoms with Crippen molar-refractivity contribution in [2.45, 2.75) is 95.2 Å². The van der Waals surface area contributed by atoms with Crippen molar-refractivity contribution in [2.24, 2.45) is 5.73 Å². The first kappa shape index (κ1) is 46.8. The molecule has 21 heteroatoms. The Labute approximate surface area is 328 Å². The van der Waals surface area contributed by atoms with Gasteiger partial charge in [0.25, 0.3) is 0 Å². The summed E-state index contributed by atoms with van der Waals surface area (Å²) in [5.74, 6) is -6.65. The second kappa shape index (κ2) is 23.5. The molecule has 0 aromatic heterocycles. The minimum absolute atomic E-state index is 0.0478. The number of rotatable bonds is 24. The molecule has 0 bridgehead atoms. The monoisotopic (exact) mass is 801 g/mol. The molecule has 7 atom stereocenters. The topological polar surface area (TPSA) is 334 Å². The lowest BCUT2D eigenvalue weighted by molar-refractivity contribution is -0.548. The fourth-order valence-corrected chi connectivity index (χ4v) is 5.22. The normalized spacial score (nSPS) is 14.5. The number of amides is 6. The van der Waals surface area contributed by atoms with Gasteiger partial charge in [-0.2, -0.15) is 0 Å². The highest BCUT2D eigenvalue weighted by molar-refractivity contribution is 5.96. The van der Waals surface area contributed by atoms with Crippen molar-refractivity contribution in [3.63, 3.8) is 0 Å². The first-order valence-electron chi connectivity index (χ1n) is 18.0. The summed E-state index contributed by atoms with van der Waals surface area (Å²) in [6.07, 6.45) is 0.828. The molecule has 2 aromatic carbocycles. The highest BCUT2D eigenvalue weighted by atomic mass is 16.7. The van der Waals surface area contributed by atoms with Gasteiger partial charge in [0, 0.05) is 12.8 Å². The molecule has 57 heavy (non-hydrogen) atoms. The highest BCUT2D eigenvalue weighted by Crippen LogP contribution is 2.12. The predicted molar refractivity (Wildman–Crippen MR) is 202 cm³/mol. The van der Waals surface area contributed by atoms with Crippen LogP contribution in [0.1, 0.15) is 51.2 Å². The van der Waals surface area contributed by atoms with E-state index < -0.39 is 95.3 Å². The molecular weight excluding hydrogens is 750 g/mol. The van der Waals surface area contributed by atoms with Crippen LogP contribution < -0.4 is 43.1 Å². The summed E-state index contributed by atoms with van der Waals surface area (Å²) in [5, 5.41) is 53.5. The number of carboxylic acids is 1. The molecule has 0 aliphatic rings. The van der Waals surface area contributed by atoms with Crippen molar-refractivity contribution in [1.29, 1.82) is 0 Å². The molecule has 2 aromatic rings. The first-order valence-corrected chi connectivity index (χ1v) is 18.0. The third-order valence-electron chi connectivity index (χ3n) is 8.50. The van der Waals surface area contributed by atoms with Crippen LogP contribution in [0.2, 0.25) is 0 Å². The van der Waals surface area contributed by atoms with E-state index in [-0.39, 0.29) is 25.0 Å². The van der Waals surface area contributed by atoms with Gasteiger partial charge in [-0.05, 0) is 69.8 Å². The molecule has 0 aliphatic heterocycles. The SMILES string of the molecule is C[C@H](NC(=O)[C@H](C)NC(=O)[C@H](Cc1ccc(O)cc1)N[N+](=O)[O-])C(=O)N[C@@H](C)C(=O)N[C@@H](CO)C(=O)N[C@@H](Cc1ccccc1)C(=O)N[C@@H](CCCCN)C(=O)O. The molecule has 0 saturated heterocycles. The van der Waals surface area contributed by atoms with Crippen molar-refractivity contribution in [3.05, 3.63) is 75.8 Å². The Kier molecular flexibility index (Phi) is 19.3. The Bertz CT molecular complexity index is 1700. The number of nitrogens with one attached hydrogen (secondary N) is 7. The maximum atomic E-state index is 13.3. The van der Waals surface area contributed by atoms with E-state index in [1.807, 2.05) is 5.43 Å². The third-order valence-corrected chi connectivity index (χ3v) is 8.50. The van der Waals surface area contributed by atoms with Gasteiger partial charge < -0.3 is 53.0 Å². The summed E-state index contributed by atoms with van der Waals surface area (Å²) in [5.41, 5.74) is 8.46. The number of nitrogens with two attached hydrogens (primary N) is 1.